The number of rotatable bonds is 10. The van der Waals surface area contributed by atoms with E-state index in [4.69, 9.17) is 9.97 Å². The summed E-state index contributed by atoms with van der Waals surface area (Å²) < 4.78 is 0. The molecule has 1 atom stereocenters. The predicted octanol–water partition coefficient (Wildman–Crippen LogP) is 7.88. The lowest BCUT2D eigenvalue weighted by molar-refractivity contribution is -0.153. The van der Waals surface area contributed by atoms with E-state index in [-0.39, 0.29) is 30.3 Å². The van der Waals surface area contributed by atoms with Crippen LogP contribution in [0.5, 0.6) is 0 Å². The molecule has 262 valence electrons. The normalized spacial score (nSPS) is 23.8. The number of carboxylic acids is 1. The van der Waals surface area contributed by atoms with Crippen LogP contribution in [0.1, 0.15) is 117 Å². The van der Waals surface area contributed by atoms with Crippen LogP contribution >= 0.6 is 11.3 Å². The topological polar surface area (TPSA) is 112 Å². The van der Waals surface area contributed by atoms with Crippen LogP contribution in [0.25, 0.3) is 11.4 Å². The Labute approximate surface area is 295 Å². The molecule has 0 spiro atoms. The molecule has 1 aliphatic heterocycles. The monoisotopic (exact) mass is 684 g/mol. The van der Waals surface area contributed by atoms with E-state index in [1.807, 2.05) is 42.7 Å². The van der Waals surface area contributed by atoms with E-state index in [0.717, 1.165) is 33.8 Å². The average Bonchev–Trinajstić information content (AvgIpc) is 3.60. The minimum absolute atomic E-state index is 0.0832. The van der Waals surface area contributed by atoms with E-state index >= 15 is 0 Å². The molecule has 1 aromatic carbocycles. The van der Waals surface area contributed by atoms with E-state index in [9.17, 15) is 19.5 Å². The van der Waals surface area contributed by atoms with Crippen molar-refractivity contribution in [1.29, 1.82) is 0 Å². The van der Waals surface area contributed by atoms with Crippen LogP contribution in [-0.4, -0.2) is 56.9 Å². The highest BCUT2D eigenvalue weighted by molar-refractivity contribution is 7.14. The first-order valence-corrected chi connectivity index (χ1v) is 19.1. The number of carbonyl (C=O) groups is 3. The van der Waals surface area contributed by atoms with Crippen LogP contribution in [0.4, 0.5) is 0 Å². The fourth-order valence-electron chi connectivity index (χ4n) is 8.04. The Bertz CT molecular complexity index is 1590. The molecule has 8 nitrogen and oxygen atoms in total. The first kappa shape index (κ1) is 35.2. The van der Waals surface area contributed by atoms with Gasteiger partial charge in [-0.1, -0.05) is 71.2 Å². The Hall–Kier alpha value is -3.59. The molecule has 49 heavy (non-hydrogen) atoms. The van der Waals surface area contributed by atoms with Gasteiger partial charge in [-0.25, -0.2) is 9.97 Å². The Balaban J connectivity index is 1.07. The fraction of sp³-hybridized carbons (Fsp3) is 0.575. The number of aromatic nitrogens is 2. The number of hydrogen-bond donors (Lipinski definition) is 2. The summed E-state index contributed by atoms with van der Waals surface area (Å²) in [6, 6.07) is 10.8. The molecule has 0 bridgehead atoms. The van der Waals surface area contributed by atoms with Crippen molar-refractivity contribution in [3.05, 3.63) is 69.7 Å². The van der Waals surface area contributed by atoms with Crippen molar-refractivity contribution < 1.29 is 19.5 Å². The van der Waals surface area contributed by atoms with E-state index in [1.165, 1.54) is 79.6 Å². The average molecular weight is 685 g/mol. The number of nitrogens with one attached hydrogen (secondary N) is 1. The fourth-order valence-corrected chi connectivity index (χ4v) is 9.01. The zero-order chi connectivity index (χ0) is 34.7. The van der Waals surface area contributed by atoms with Crippen LogP contribution in [0.2, 0.25) is 0 Å². The number of thiophene rings is 1. The van der Waals surface area contributed by atoms with Gasteiger partial charge in [0.15, 0.2) is 5.82 Å². The lowest BCUT2D eigenvalue weighted by Gasteiger charge is -2.38. The molecule has 3 heterocycles. The quantitative estimate of drug-likeness (QED) is 0.225. The SMILES string of the molecule is CCC1CCC(C2CCC(c3cnc(-c4ccc(C[C@H](NC(=O)c5ccc(C(C)(C)C)s5)C(=O)N5CC(C(=O)O)C5)cc4)nc3)CC2)CC1. The second-order valence-electron chi connectivity index (χ2n) is 15.8. The van der Waals surface area contributed by atoms with E-state index < -0.39 is 17.9 Å². The van der Waals surface area contributed by atoms with Gasteiger partial charge < -0.3 is 15.3 Å². The molecule has 0 unspecified atom stereocenters. The third-order valence-electron chi connectivity index (χ3n) is 11.4. The first-order valence-electron chi connectivity index (χ1n) is 18.3. The third kappa shape index (κ3) is 8.42. The number of aliphatic carboxylic acids is 1. The molecule has 2 saturated carbocycles. The summed E-state index contributed by atoms with van der Waals surface area (Å²) >= 11 is 1.43. The minimum atomic E-state index is -0.907. The molecule has 3 aliphatic rings. The van der Waals surface area contributed by atoms with Crippen LogP contribution in [-0.2, 0) is 21.4 Å². The van der Waals surface area contributed by atoms with E-state index in [1.54, 1.807) is 6.07 Å². The molecule has 3 fully saturated rings. The first-order chi connectivity index (χ1) is 23.5. The summed E-state index contributed by atoms with van der Waals surface area (Å²) in [6.07, 6.45) is 16.4. The van der Waals surface area contributed by atoms with Crippen LogP contribution in [0.3, 0.4) is 0 Å². The molecule has 2 aromatic heterocycles. The molecular formula is C40H52N4O4S. The van der Waals surface area contributed by atoms with Gasteiger partial charge in [-0.15, -0.1) is 11.3 Å². The summed E-state index contributed by atoms with van der Waals surface area (Å²) in [7, 11) is 0. The number of benzene rings is 1. The molecule has 6 rings (SSSR count). The summed E-state index contributed by atoms with van der Waals surface area (Å²) in [5.74, 6) is 1.95. The smallest absolute Gasteiger partial charge is 0.310 e. The molecule has 2 N–H and O–H groups in total. The zero-order valence-corrected chi connectivity index (χ0v) is 30.3. The van der Waals surface area contributed by atoms with Crippen molar-refractivity contribution in [2.24, 2.45) is 23.7 Å². The van der Waals surface area contributed by atoms with Crippen molar-refractivity contribution in [3.8, 4) is 11.4 Å². The van der Waals surface area contributed by atoms with Crippen molar-refractivity contribution in [2.75, 3.05) is 13.1 Å². The molecular weight excluding hydrogens is 633 g/mol. The van der Waals surface area contributed by atoms with Gasteiger partial charge in [0, 0.05) is 42.3 Å². The van der Waals surface area contributed by atoms with Gasteiger partial charge >= 0.3 is 5.97 Å². The van der Waals surface area contributed by atoms with E-state index in [2.05, 4.69) is 33.0 Å². The number of likely N-dealkylation sites (tertiary alicyclic amines) is 1. The largest absolute Gasteiger partial charge is 0.481 e. The molecule has 2 aliphatic carbocycles. The summed E-state index contributed by atoms with van der Waals surface area (Å²) in [5, 5.41) is 12.3. The summed E-state index contributed by atoms with van der Waals surface area (Å²) in [5.41, 5.74) is 2.94. The molecule has 9 heteroatoms. The lowest BCUT2D eigenvalue weighted by atomic mass is 9.68. The summed E-state index contributed by atoms with van der Waals surface area (Å²) in [4.78, 5) is 50.8. The second kappa shape index (κ2) is 15.1. The van der Waals surface area contributed by atoms with Gasteiger partial charge in [0.05, 0.1) is 10.8 Å². The van der Waals surface area contributed by atoms with Crippen molar-refractivity contribution in [2.45, 2.75) is 109 Å². The van der Waals surface area contributed by atoms with Gasteiger partial charge in [-0.3, -0.25) is 14.4 Å². The van der Waals surface area contributed by atoms with Gasteiger partial charge in [-0.2, -0.15) is 0 Å². The Kier molecular flexibility index (Phi) is 10.9. The van der Waals surface area contributed by atoms with Crippen LogP contribution < -0.4 is 5.32 Å². The lowest BCUT2D eigenvalue weighted by Crippen LogP contribution is -2.59. The second-order valence-corrected chi connectivity index (χ2v) is 16.8. The number of carboxylic acid groups (broad SMARTS) is 1. The molecule has 2 amide bonds. The molecule has 0 radical (unpaired) electrons. The van der Waals surface area contributed by atoms with Crippen LogP contribution in [0.15, 0.2) is 48.8 Å². The van der Waals surface area contributed by atoms with Gasteiger partial charge in [0.2, 0.25) is 5.91 Å². The van der Waals surface area contributed by atoms with Crippen LogP contribution in [0, 0.1) is 23.7 Å². The predicted molar refractivity (Wildman–Crippen MR) is 194 cm³/mol. The standard InChI is InChI=1S/C40H52N4O4S/c1-5-25-6-10-27(11-7-25)28-14-16-29(17-15-28)31-21-41-36(42-22-31)30-12-8-26(9-13-30)20-33(38(46)44-23-32(24-44)39(47)48)43-37(45)34-18-19-35(49-34)40(2,3)4/h8-9,12-13,18-19,21-22,25,27-29,32-33H,5-7,10-11,14-17,20,23-24H2,1-4H3,(H,43,45)(H,47,48)/t25?,27?,28?,29?,33-/m0/s1. The number of nitrogens with zero attached hydrogens (tertiary/aromatic N) is 3. The van der Waals surface area contributed by atoms with E-state index in [0.29, 0.717) is 23.0 Å². The maximum Gasteiger partial charge on any atom is 0.310 e. The Morgan fingerprint density at radius 3 is 2.06 bits per heavy atom. The highest BCUT2D eigenvalue weighted by Crippen LogP contribution is 2.44. The Morgan fingerprint density at radius 1 is 0.898 bits per heavy atom. The highest BCUT2D eigenvalue weighted by atomic mass is 32.1. The third-order valence-corrected chi connectivity index (χ3v) is 12.9. The van der Waals surface area contributed by atoms with Crippen molar-refractivity contribution >= 4 is 29.1 Å². The number of carbonyl (C=O) groups excluding carboxylic acids is 2. The van der Waals surface area contributed by atoms with Crippen molar-refractivity contribution in [3.63, 3.8) is 0 Å². The number of amides is 2. The summed E-state index contributed by atoms with van der Waals surface area (Å²) in [6.45, 7) is 8.95. The number of hydrogen-bond acceptors (Lipinski definition) is 6. The van der Waals surface area contributed by atoms with Gasteiger partial charge in [0.1, 0.15) is 6.04 Å². The molecule has 1 saturated heterocycles. The molecule has 3 aromatic rings. The van der Waals surface area contributed by atoms with Gasteiger partial charge in [0.25, 0.3) is 5.91 Å². The van der Waals surface area contributed by atoms with Crippen molar-refractivity contribution in [1.82, 2.24) is 20.2 Å². The Morgan fingerprint density at radius 2 is 1.51 bits per heavy atom. The zero-order valence-electron chi connectivity index (χ0n) is 29.5. The maximum atomic E-state index is 13.5. The van der Waals surface area contributed by atoms with Gasteiger partial charge in [-0.05, 0) is 90.9 Å². The maximum absolute atomic E-state index is 13.5. The highest BCUT2D eigenvalue weighted by Gasteiger charge is 2.39. The minimum Gasteiger partial charge on any atom is -0.481 e.